The summed E-state index contributed by atoms with van der Waals surface area (Å²) in [5.74, 6) is -0.764. The number of hydrogen-bond donors (Lipinski definition) is 1. The fourth-order valence-electron chi connectivity index (χ4n) is 3.60. The van der Waals surface area contributed by atoms with Gasteiger partial charge in [0.05, 0.1) is 0 Å². The molecule has 1 aromatic rings. The van der Waals surface area contributed by atoms with Crippen molar-refractivity contribution >= 4 is 5.91 Å². The summed E-state index contributed by atoms with van der Waals surface area (Å²) in [4.78, 5) is 14.5. The minimum absolute atomic E-state index is 0.0475. The van der Waals surface area contributed by atoms with E-state index in [1.165, 1.54) is 12.5 Å². The van der Waals surface area contributed by atoms with Crippen molar-refractivity contribution in [3.63, 3.8) is 0 Å². The van der Waals surface area contributed by atoms with Crippen LogP contribution in [0.25, 0.3) is 0 Å². The number of piperidine rings is 1. The quantitative estimate of drug-likeness (QED) is 0.904. The molecular weight excluding hydrogens is 298 g/mol. The Morgan fingerprint density at radius 3 is 2.65 bits per heavy atom. The Balaban J connectivity index is 1.51. The smallest absolute Gasteiger partial charge is 0.226 e. The van der Waals surface area contributed by atoms with E-state index in [1.54, 1.807) is 6.07 Å². The van der Waals surface area contributed by atoms with Gasteiger partial charge in [-0.05, 0) is 68.8 Å². The van der Waals surface area contributed by atoms with E-state index in [1.807, 2.05) is 11.9 Å². The van der Waals surface area contributed by atoms with E-state index in [-0.39, 0.29) is 17.7 Å². The first kappa shape index (κ1) is 16.4. The van der Waals surface area contributed by atoms with E-state index in [9.17, 15) is 13.6 Å². The number of carbonyl (C=O) groups is 1. The van der Waals surface area contributed by atoms with Gasteiger partial charge in [-0.15, -0.1) is 0 Å². The topological polar surface area (TPSA) is 32.3 Å². The lowest BCUT2D eigenvalue weighted by molar-refractivity contribution is -0.134. The highest BCUT2D eigenvalue weighted by atomic mass is 19.2. The Labute approximate surface area is 136 Å². The van der Waals surface area contributed by atoms with Crippen LogP contribution in [0.15, 0.2) is 18.2 Å². The van der Waals surface area contributed by atoms with E-state index in [0.29, 0.717) is 5.92 Å². The predicted octanol–water partition coefficient (Wildman–Crippen LogP) is 2.92. The average molecular weight is 322 g/mol. The second kappa shape index (κ2) is 6.95. The van der Waals surface area contributed by atoms with Crippen molar-refractivity contribution < 1.29 is 13.6 Å². The standard InChI is InChI=1S/C18H24F2N2O/c1-21-7-4-12-5-8-22(9-6-12)18(23)15-11-14(15)13-2-3-16(19)17(20)10-13/h2-3,10,12,14-15,21H,4-9,11H2,1H3. The van der Waals surface area contributed by atoms with E-state index < -0.39 is 11.6 Å². The van der Waals surface area contributed by atoms with E-state index >= 15 is 0 Å². The molecule has 0 spiro atoms. The molecule has 5 heteroatoms. The summed E-state index contributed by atoms with van der Waals surface area (Å²) < 4.78 is 26.3. The fourth-order valence-corrected chi connectivity index (χ4v) is 3.60. The molecule has 1 N–H and O–H groups in total. The summed E-state index contributed by atoms with van der Waals surface area (Å²) in [5.41, 5.74) is 0.742. The van der Waals surface area contributed by atoms with Gasteiger partial charge in [-0.1, -0.05) is 6.07 Å². The van der Waals surface area contributed by atoms with Crippen LogP contribution in [-0.4, -0.2) is 37.5 Å². The highest BCUT2D eigenvalue weighted by Crippen LogP contribution is 2.49. The number of carbonyl (C=O) groups excluding carboxylic acids is 1. The first-order valence-corrected chi connectivity index (χ1v) is 8.48. The second-order valence-corrected chi connectivity index (χ2v) is 6.78. The maximum absolute atomic E-state index is 13.3. The minimum Gasteiger partial charge on any atom is -0.342 e. The van der Waals surface area contributed by atoms with Gasteiger partial charge in [0.1, 0.15) is 0 Å². The third-order valence-electron chi connectivity index (χ3n) is 5.21. The molecule has 1 saturated heterocycles. The summed E-state index contributed by atoms with van der Waals surface area (Å²) >= 11 is 0. The molecule has 3 rings (SSSR count). The summed E-state index contributed by atoms with van der Waals surface area (Å²) in [5, 5.41) is 3.17. The Kier molecular flexibility index (Phi) is 4.95. The van der Waals surface area contributed by atoms with Crippen LogP contribution >= 0.6 is 0 Å². The zero-order chi connectivity index (χ0) is 16.4. The van der Waals surface area contributed by atoms with Gasteiger partial charge in [0.15, 0.2) is 11.6 Å². The molecule has 1 aliphatic carbocycles. The molecule has 1 amide bonds. The zero-order valence-corrected chi connectivity index (χ0v) is 13.5. The second-order valence-electron chi connectivity index (χ2n) is 6.78. The van der Waals surface area contributed by atoms with Gasteiger partial charge in [0.2, 0.25) is 5.91 Å². The van der Waals surface area contributed by atoms with Gasteiger partial charge < -0.3 is 10.2 Å². The Hall–Kier alpha value is -1.49. The van der Waals surface area contributed by atoms with Crippen LogP contribution in [0.3, 0.4) is 0 Å². The molecule has 2 atom stereocenters. The minimum atomic E-state index is -0.832. The monoisotopic (exact) mass is 322 g/mol. The summed E-state index contributed by atoms with van der Waals surface area (Å²) in [6.07, 6.45) is 4.05. The van der Waals surface area contributed by atoms with Crippen molar-refractivity contribution in [1.29, 1.82) is 0 Å². The van der Waals surface area contributed by atoms with Crippen molar-refractivity contribution in [3.8, 4) is 0 Å². The van der Waals surface area contributed by atoms with Gasteiger partial charge in [-0.25, -0.2) is 8.78 Å². The van der Waals surface area contributed by atoms with Crippen molar-refractivity contribution in [2.45, 2.75) is 31.6 Å². The lowest BCUT2D eigenvalue weighted by Crippen LogP contribution is -2.40. The van der Waals surface area contributed by atoms with Crippen LogP contribution in [0.5, 0.6) is 0 Å². The Morgan fingerprint density at radius 1 is 1.26 bits per heavy atom. The fraction of sp³-hybridized carbons (Fsp3) is 0.611. The largest absolute Gasteiger partial charge is 0.342 e. The van der Waals surface area contributed by atoms with Crippen LogP contribution in [0.1, 0.15) is 37.2 Å². The van der Waals surface area contributed by atoms with Gasteiger partial charge in [0.25, 0.3) is 0 Å². The van der Waals surface area contributed by atoms with Crippen LogP contribution in [0, 0.1) is 23.5 Å². The Bertz CT molecular complexity index is 570. The van der Waals surface area contributed by atoms with Gasteiger partial charge in [-0.2, -0.15) is 0 Å². The third kappa shape index (κ3) is 3.71. The van der Waals surface area contributed by atoms with Crippen molar-refractivity contribution in [3.05, 3.63) is 35.4 Å². The molecule has 2 fully saturated rings. The number of nitrogens with zero attached hydrogens (tertiary/aromatic N) is 1. The Morgan fingerprint density at radius 2 is 2.00 bits per heavy atom. The molecule has 126 valence electrons. The number of hydrogen-bond acceptors (Lipinski definition) is 2. The zero-order valence-electron chi connectivity index (χ0n) is 13.5. The molecule has 1 aliphatic heterocycles. The number of rotatable bonds is 5. The first-order valence-electron chi connectivity index (χ1n) is 8.48. The van der Waals surface area contributed by atoms with E-state index in [0.717, 1.165) is 50.5 Å². The highest BCUT2D eigenvalue weighted by Gasteiger charge is 2.46. The van der Waals surface area contributed by atoms with Crippen molar-refractivity contribution in [2.24, 2.45) is 11.8 Å². The normalized spacial score (nSPS) is 24.7. The molecule has 0 bridgehead atoms. The molecule has 1 saturated carbocycles. The molecular formula is C18H24F2N2O. The molecule has 0 aromatic heterocycles. The number of likely N-dealkylation sites (tertiary alicyclic amines) is 1. The molecule has 2 unspecified atom stereocenters. The number of benzene rings is 1. The molecule has 3 nitrogen and oxygen atoms in total. The van der Waals surface area contributed by atoms with Gasteiger partial charge >= 0.3 is 0 Å². The van der Waals surface area contributed by atoms with Crippen LogP contribution in [0.4, 0.5) is 8.78 Å². The average Bonchev–Trinajstić information content (AvgIpc) is 3.36. The third-order valence-corrected chi connectivity index (χ3v) is 5.21. The number of amides is 1. The highest BCUT2D eigenvalue weighted by molar-refractivity contribution is 5.83. The molecule has 23 heavy (non-hydrogen) atoms. The van der Waals surface area contributed by atoms with Crippen molar-refractivity contribution in [1.82, 2.24) is 10.2 Å². The molecule has 1 heterocycles. The van der Waals surface area contributed by atoms with Gasteiger partial charge in [0, 0.05) is 19.0 Å². The SMILES string of the molecule is CNCCC1CCN(C(=O)C2CC2c2ccc(F)c(F)c2)CC1. The maximum Gasteiger partial charge on any atom is 0.226 e. The van der Waals surface area contributed by atoms with Crippen molar-refractivity contribution in [2.75, 3.05) is 26.7 Å². The number of nitrogens with one attached hydrogen (secondary N) is 1. The summed E-state index contributed by atoms with van der Waals surface area (Å²) in [6.45, 7) is 2.68. The number of halogens is 2. The summed E-state index contributed by atoms with van der Waals surface area (Å²) in [7, 11) is 1.96. The van der Waals surface area contributed by atoms with Crippen LogP contribution in [0.2, 0.25) is 0 Å². The maximum atomic E-state index is 13.3. The molecule has 0 radical (unpaired) electrons. The van der Waals surface area contributed by atoms with E-state index in [4.69, 9.17) is 0 Å². The summed E-state index contributed by atoms with van der Waals surface area (Å²) in [6, 6.07) is 3.98. The van der Waals surface area contributed by atoms with E-state index in [2.05, 4.69) is 5.32 Å². The first-order chi connectivity index (χ1) is 11.1. The molecule has 1 aromatic carbocycles. The van der Waals surface area contributed by atoms with Crippen LogP contribution < -0.4 is 5.32 Å². The lowest BCUT2D eigenvalue weighted by Gasteiger charge is -2.32. The van der Waals surface area contributed by atoms with Crippen LogP contribution in [-0.2, 0) is 4.79 Å². The lowest BCUT2D eigenvalue weighted by atomic mass is 9.93. The predicted molar refractivity (Wildman–Crippen MR) is 85.1 cm³/mol. The molecule has 2 aliphatic rings. The van der Waals surface area contributed by atoms with Gasteiger partial charge in [-0.3, -0.25) is 4.79 Å².